The van der Waals surface area contributed by atoms with E-state index in [0.717, 1.165) is 0 Å². The summed E-state index contributed by atoms with van der Waals surface area (Å²) in [5.74, 6) is -1.98. The molecule has 2 heterocycles. The van der Waals surface area contributed by atoms with Crippen LogP contribution in [0.5, 0.6) is 0 Å². The van der Waals surface area contributed by atoms with Gasteiger partial charge < -0.3 is 15.4 Å². The summed E-state index contributed by atoms with van der Waals surface area (Å²) in [5.41, 5.74) is 0.376. The van der Waals surface area contributed by atoms with Gasteiger partial charge >= 0.3 is 5.97 Å². The predicted molar refractivity (Wildman–Crippen MR) is 94.8 cm³/mol. The number of ether oxygens (including phenoxy) is 1. The van der Waals surface area contributed by atoms with Gasteiger partial charge in [-0.25, -0.2) is 0 Å². The molecule has 8 nitrogen and oxygen atoms in total. The minimum absolute atomic E-state index is 0.0535. The molecule has 2 N–H and O–H groups in total. The lowest BCUT2D eigenvalue weighted by atomic mass is 10.3. The first-order valence-electron chi connectivity index (χ1n) is 7.28. The van der Waals surface area contributed by atoms with E-state index >= 15 is 0 Å². The van der Waals surface area contributed by atoms with E-state index in [1.807, 2.05) is 6.07 Å². The molecular weight excluding hydrogens is 380 g/mol. The van der Waals surface area contributed by atoms with E-state index in [9.17, 15) is 14.4 Å². The number of pyridine rings is 1. The molecule has 0 fully saturated rings. The van der Waals surface area contributed by atoms with Gasteiger partial charge in [-0.3, -0.25) is 19.4 Å². The number of nitriles is 1. The molecule has 0 saturated heterocycles. The van der Waals surface area contributed by atoms with Crippen LogP contribution in [0.15, 0.2) is 29.8 Å². The molecule has 26 heavy (non-hydrogen) atoms. The molecule has 0 bridgehead atoms. The maximum Gasteiger partial charge on any atom is 0.326 e. The average molecular weight is 393 g/mol. The molecule has 1 atom stereocenters. The zero-order valence-electron chi connectivity index (χ0n) is 13.5. The van der Waals surface area contributed by atoms with Crippen molar-refractivity contribution in [3.05, 3.63) is 46.1 Å². The van der Waals surface area contributed by atoms with Crippen LogP contribution in [0.2, 0.25) is 5.02 Å². The number of hydrogen-bond acceptors (Lipinski definition) is 7. The number of carbonyl (C=O) groups is 3. The number of halogens is 1. The Bertz CT molecular complexity index is 877. The van der Waals surface area contributed by atoms with Crippen LogP contribution in [0, 0.1) is 11.3 Å². The Kier molecular flexibility index (Phi) is 6.66. The Morgan fingerprint density at radius 1 is 1.42 bits per heavy atom. The van der Waals surface area contributed by atoms with Gasteiger partial charge in [0.15, 0.2) is 6.10 Å². The number of nitrogens with zero attached hydrogens (tertiary/aromatic N) is 2. The molecule has 0 saturated carbocycles. The summed E-state index contributed by atoms with van der Waals surface area (Å²) in [4.78, 5) is 39.5. The second-order valence-corrected chi connectivity index (χ2v) is 6.29. The number of anilines is 1. The van der Waals surface area contributed by atoms with Gasteiger partial charge in [0.05, 0.1) is 5.56 Å². The number of aromatic nitrogens is 1. The van der Waals surface area contributed by atoms with Gasteiger partial charge in [0.1, 0.15) is 23.3 Å². The van der Waals surface area contributed by atoms with E-state index in [1.165, 1.54) is 36.6 Å². The number of carbonyl (C=O) groups excluding carboxylic acids is 3. The lowest BCUT2D eigenvalue weighted by molar-refractivity contribution is -0.152. The van der Waals surface area contributed by atoms with Crippen molar-refractivity contribution in [3.8, 4) is 6.07 Å². The van der Waals surface area contributed by atoms with Crippen LogP contribution in [0.3, 0.4) is 0 Å². The van der Waals surface area contributed by atoms with Crippen molar-refractivity contribution in [1.82, 2.24) is 10.3 Å². The summed E-state index contributed by atoms with van der Waals surface area (Å²) in [6.07, 6.45) is 0.263. The molecule has 2 aromatic rings. The largest absolute Gasteiger partial charge is 0.451 e. The number of thiophene rings is 1. The highest BCUT2D eigenvalue weighted by molar-refractivity contribution is 7.14. The third-order valence-electron chi connectivity index (χ3n) is 3.05. The maximum atomic E-state index is 12.0. The summed E-state index contributed by atoms with van der Waals surface area (Å²) in [7, 11) is 0. The van der Waals surface area contributed by atoms with Gasteiger partial charge in [-0.15, -0.1) is 11.3 Å². The van der Waals surface area contributed by atoms with Gasteiger partial charge in [-0.1, -0.05) is 11.6 Å². The molecule has 0 spiro atoms. The van der Waals surface area contributed by atoms with Gasteiger partial charge in [-0.2, -0.15) is 5.26 Å². The van der Waals surface area contributed by atoms with Crippen molar-refractivity contribution in [1.29, 1.82) is 5.26 Å². The summed E-state index contributed by atoms with van der Waals surface area (Å²) >= 11 is 6.94. The molecule has 0 aliphatic heterocycles. The van der Waals surface area contributed by atoms with E-state index in [0.29, 0.717) is 15.6 Å². The normalized spacial score (nSPS) is 11.1. The number of nitrogens with one attached hydrogen (secondary N) is 2. The Morgan fingerprint density at radius 3 is 2.88 bits per heavy atom. The smallest absolute Gasteiger partial charge is 0.326 e. The second-order valence-electron chi connectivity index (χ2n) is 4.94. The van der Waals surface area contributed by atoms with Crippen molar-refractivity contribution < 1.29 is 19.1 Å². The summed E-state index contributed by atoms with van der Waals surface area (Å²) in [5, 5.41) is 16.1. The standard InChI is InChI=1S/C16H13ClN4O4S/c1-9(14(23)21-16-10(7-18)3-5-26-16)25-13(22)8-20-15(24)12-6-11(17)2-4-19-12/h2-6,9H,8H2,1H3,(H,20,24)(H,21,23)/t9-/m0/s1. The van der Waals surface area contributed by atoms with Crippen LogP contribution in [-0.4, -0.2) is 35.4 Å². The molecule has 0 aliphatic carbocycles. The van der Waals surface area contributed by atoms with Crippen LogP contribution in [0.4, 0.5) is 5.00 Å². The second kappa shape index (κ2) is 8.94. The monoisotopic (exact) mass is 392 g/mol. The van der Waals surface area contributed by atoms with Crippen molar-refractivity contribution in [2.45, 2.75) is 13.0 Å². The third kappa shape index (κ3) is 5.27. The molecule has 2 amide bonds. The van der Waals surface area contributed by atoms with Gasteiger partial charge in [0.25, 0.3) is 11.8 Å². The van der Waals surface area contributed by atoms with E-state index in [-0.39, 0.29) is 5.69 Å². The lowest BCUT2D eigenvalue weighted by Gasteiger charge is -2.13. The Balaban J connectivity index is 1.82. The average Bonchev–Trinajstić information content (AvgIpc) is 3.06. The maximum absolute atomic E-state index is 12.0. The van der Waals surface area contributed by atoms with Crippen LogP contribution >= 0.6 is 22.9 Å². The minimum Gasteiger partial charge on any atom is -0.451 e. The molecule has 0 radical (unpaired) electrons. The fraction of sp³-hybridized carbons (Fsp3) is 0.188. The zero-order valence-corrected chi connectivity index (χ0v) is 15.1. The Hall–Kier alpha value is -2.96. The first kappa shape index (κ1) is 19.4. The Morgan fingerprint density at radius 2 is 2.19 bits per heavy atom. The van der Waals surface area contributed by atoms with Gasteiger partial charge in [-0.05, 0) is 30.5 Å². The van der Waals surface area contributed by atoms with E-state index in [1.54, 1.807) is 11.4 Å². The minimum atomic E-state index is -1.10. The predicted octanol–water partition coefficient (Wildman–Crippen LogP) is 1.97. The Labute approximate surface area is 157 Å². The first-order valence-corrected chi connectivity index (χ1v) is 8.54. The van der Waals surface area contributed by atoms with E-state index < -0.39 is 30.4 Å². The van der Waals surface area contributed by atoms with Crippen molar-refractivity contribution in [2.24, 2.45) is 0 Å². The molecule has 10 heteroatoms. The molecule has 0 aromatic carbocycles. The number of hydrogen-bond donors (Lipinski definition) is 2. The molecule has 134 valence electrons. The quantitative estimate of drug-likeness (QED) is 0.725. The van der Waals surface area contributed by atoms with Crippen molar-refractivity contribution in [2.75, 3.05) is 11.9 Å². The lowest BCUT2D eigenvalue weighted by Crippen LogP contribution is -2.36. The third-order valence-corrected chi connectivity index (χ3v) is 4.11. The van der Waals surface area contributed by atoms with Gasteiger partial charge in [0, 0.05) is 11.2 Å². The van der Waals surface area contributed by atoms with E-state index in [2.05, 4.69) is 15.6 Å². The van der Waals surface area contributed by atoms with Crippen molar-refractivity contribution in [3.63, 3.8) is 0 Å². The SMILES string of the molecule is C[C@H](OC(=O)CNC(=O)c1cc(Cl)ccn1)C(=O)Nc1sccc1C#N. The van der Waals surface area contributed by atoms with Crippen LogP contribution in [-0.2, 0) is 14.3 Å². The molecular formula is C16H13ClN4O4S. The fourth-order valence-electron chi connectivity index (χ4n) is 1.77. The highest BCUT2D eigenvalue weighted by Gasteiger charge is 2.20. The summed E-state index contributed by atoms with van der Waals surface area (Å²) < 4.78 is 4.95. The van der Waals surface area contributed by atoms with E-state index in [4.69, 9.17) is 21.6 Å². The summed E-state index contributed by atoms with van der Waals surface area (Å²) in [6.45, 7) is 0.945. The van der Waals surface area contributed by atoms with Crippen molar-refractivity contribution >= 4 is 45.7 Å². The van der Waals surface area contributed by atoms with Crippen LogP contribution in [0.25, 0.3) is 0 Å². The summed E-state index contributed by atoms with van der Waals surface area (Å²) in [6, 6.07) is 6.37. The highest BCUT2D eigenvalue weighted by atomic mass is 35.5. The number of amides is 2. The molecule has 2 aromatic heterocycles. The number of rotatable bonds is 6. The first-order chi connectivity index (χ1) is 12.4. The fourth-order valence-corrected chi connectivity index (χ4v) is 2.67. The van der Waals surface area contributed by atoms with Crippen LogP contribution in [0.1, 0.15) is 23.0 Å². The topological polar surface area (TPSA) is 121 Å². The van der Waals surface area contributed by atoms with Gasteiger partial charge in [0.2, 0.25) is 0 Å². The highest BCUT2D eigenvalue weighted by Crippen LogP contribution is 2.22. The zero-order chi connectivity index (χ0) is 19.1. The molecule has 0 unspecified atom stereocenters. The molecule has 0 aliphatic rings. The molecule has 2 rings (SSSR count). The number of esters is 1. The van der Waals surface area contributed by atoms with Crippen LogP contribution < -0.4 is 10.6 Å².